The Bertz CT molecular complexity index is 364. The van der Waals surface area contributed by atoms with E-state index in [0.29, 0.717) is 29.0 Å². The molecule has 0 saturated carbocycles. The Morgan fingerprint density at radius 3 is 2.67 bits per heavy atom. The second-order valence-electron chi connectivity index (χ2n) is 3.05. The minimum atomic E-state index is -0.669. The second-order valence-corrected chi connectivity index (χ2v) is 3.90. The Balaban J connectivity index is 2.46. The molecule has 0 aliphatic carbocycles. The molecule has 0 amide bonds. The Hall–Kier alpha value is -0.650. The third-order valence-corrected chi connectivity index (χ3v) is 2.78. The normalized spacial score (nSPS) is 17.0. The molecular weight excluding hydrogens is 267 g/mol. The molecule has 1 saturated heterocycles. The van der Waals surface area contributed by atoms with Crippen LogP contribution in [0.2, 0.25) is 0 Å². The molecule has 15 heavy (non-hydrogen) atoms. The van der Waals surface area contributed by atoms with Crippen molar-refractivity contribution in [2.24, 2.45) is 0 Å². The summed E-state index contributed by atoms with van der Waals surface area (Å²) in [5, 5.41) is 0. The van der Waals surface area contributed by atoms with Gasteiger partial charge in [-0.1, -0.05) is 0 Å². The fourth-order valence-corrected chi connectivity index (χ4v) is 2.01. The van der Waals surface area contributed by atoms with E-state index in [1.165, 1.54) is 13.2 Å². The van der Waals surface area contributed by atoms with Gasteiger partial charge in [0.2, 0.25) is 0 Å². The van der Waals surface area contributed by atoms with Crippen molar-refractivity contribution in [3.05, 3.63) is 28.0 Å². The lowest BCUT2D eigenvalue weighted by Crippen LogP contribution is -2.05. The summed E-state index contributed by atoms with van der Waals surface area (Å²) in [6.45, 7) is 0.944. The van der Waals surface area contributed by atoms with Crippen LogP contribution in [-0.4, -0.2) is 20.3 Å². The van der Waals surface area contributed by atoms with Gasteiger partial charge in [-0.05, 0) is 28.1 Å². The van der Waals surface area contributed by atoms with Gasteiger partial charge in [-0.3, -0.25) is 0 Å². The summed E-state index contributed by atoms with van der Waals surface area (Å²) in [5.41, 5.74) is 0.310. The van der Waals surface area contributed by atoms with Gasteiger partial charge in [0.15, 0.2) is 6.29 Å². The maximum Gasteiger partial charge on any atom is 0.190 e. The van der Waals surface area contributed by atoms with Gasteiger partial charge in [0, 0.05) is 0 Å². The van der Waals surface area contributed by atoms with Gasteiger partial charge in [-0.15, -0.1) is 0 Å². The summed E-state index contributed by atoms with van der Waals surface area (Å²) in [7, 11) is 1.48. The maximum absolute atomic E-state index is 13.6. The summed E-state index contributed by atoms with van der Waals surface area (Å²) in [5.74, 6) is 0.0313. The van der Waals surface area contributed by atoms with E-state index in [0.717, 1.165) is 0 Å². The highest BCUT2D eigenvalue weighted by Gasteiger charge is 2.27. The zero-order valence-corrected chi connectivity index (χ0v) is 9.71. The molecule has 0 atom stereocenters. The highest BCUT2D eigenvalue weighted by molar-refractivity contribution is 9.10. The number of halogens is 2. The first-order valence-electron chi connectivity index (χ1n) is 4.49. The number of hydrogen-bond acceptors (Lipinski definition) is 3. The van der Waals surface area contributed by atoms with Crippen molar-refractivity contribution in [2.75, 3.05) is 20.3 Å². The van der Waals surface area contributed by atoms with E-state index in [1.807, 2.05) is 0 Å². The molecule has 1 fully saturated rings. The fraction of sp³-hybridized carbons (Fsp3) is 0.400. The largest absolute Gasteiger partial charge is 0.495 e. The molecule has 0 aromatic heterocycles. The van der Waals surface area contributed by atoms with Crippen molar-refractivity contribution >= 4 is 15.9 Å². The molecule has 1 aliphatic rings. The van der Waals surface area contributed by atoms with Gasteiger partial charge >= 0.3 is 0 Å². The van der Waals surface area contributed by atoms with E-state index in [1.54, 1.807) is 6.07 Å². The van der Waals surface area contributed by atoms with E-state index in [4.69, 9.17) is 14.2 Å². The van der Waals surface area contributed by atoms with Crippen molar-refractivity contribution < 1.29 is 18.6 Å². The summed E-state index contributed by atoms with van der Waals surface area (Å²) in [6.07, 6.45) is -0.669. The van der Waals surface area contributed by atoms with Gasteiger partial charge in [0.1, 0.15) is 11.6 Å². The molecule has 1 aromatic carbocycles. The first-order chi connectivity index (χ1) is 7.24. The minimum Gasteiger partial charge on any atom is -0.495 e. The second kappa shape index (κ2) is 4.47. The van der Waals surface area contributed by atoms with Gasteiger partial charge < -0.3 is 14.2 Å². The number of rotatable bonds is 2. The van der Waals surface area contributed by atoms with Crippen LogP contribution in [0.25, 0.3) is 0 Å². The van der Waals surface area contributed by atoms with Crippen LogP contribution in [0.3, 0.4) is 0 Å². The number of hydrogen-bond donors (Lipinski definition) is 0. The Morgan fingerprint density at radius 1 is 1.40 bits per heavy atom. The third kappa shape index (κ3) is 2.00. The molecular formula is C10H10BrFO3. The van der Waals surface area contributed by atoms with Crippen LogP contribution in [0.1, 0.15) is 11.9 Å². The van der Waals surface area contributed by atoms with Crippen molar-refractivity contribution in [3.8, 4) is 5.75 Å². The molecule has 0 bridgehead atoms. The van der Waals surface area contributed by atoms with Crippen LogP contribution < -0.4 is 4.74 Å². The van der Waals surface area contributed by atoms with Crippen LogP contribution in [-0.2, 0) is 9.47 Å². The summed E-state index contributed by atoms with van der Waals surface area (Å²) in [6, 6.07) is 2.94. The van der Waals surface area contributed by atoms with Crippen LogP contribution in [0, 0.1) is 5.82 Å². The van der Waals surface area contributed by atoms with E-state index in [2.05, 4.69) is 15.9 Å². The molecule has 3 nitrogen and oxygen atoms in total. The average molecular weight is 277 g/mol. The first kappa shape index (κ1) is 10.9. The van der Waals surface area contributed by atoms with Crippen LogP contribution in [0.15, 0.2) is 16.6 Å². The van der Waals surface area contributed by atoms with E-state index >= 15 is 0 Å². The van der Waals surface area contributed by atoms with Crippen molar-refractivity contribution in [1.82, 2.24) is 0 Å². The zero-order valence-electron chi connectivity index (χ0n) is 8.13. The minimum absolute atomic E-state index is 0.310. The highest BCUT2D eigenvalue weighted by Crippen LogP contribution is 2.38. The predicted molar refractivity (Wildman–Crippen MR) is 55.3 cm³/mol. The average Bonchev–Trinajstić information content (AvgIpc) is 2.74. The van der Waals surface area contributed by atoms with Gasteiger partial charge in [-0.2, -0.15) is 0 Å². The summed E-state index contributed by atoms with van der Waals surface area (Å²) < 4.78 is 29.9. The first-order valence-corrected chi connectivity index (χ1v) is 5.28. The molecule has 0 radical (unpaired) electrons. The quantitative estimate of drug-likeness (QED) is 0.831. The Labute approximate surface area is 95.3 Å². The van der Waals surface area contributed by atoms with Gasteiger partial charge in [0.05, 0.1) is 30.4 Å². The topological polar surface area (TPSA) is 27.7 Å². The maximum atomic E-state index is 13.6. The Kier molecular flexibility index (Phi) is 3.23. The molecule has 0 unspecified atom stereocenters. The monoisotopic (exact) mass is 276 g/mol. The SMILES string of the molecule is COc1c(Br)ccc(F)c1C1OCCO1. The van der Waals surface area contributed by atoms with Crippen molar-refractivity contribution in [2.45, 2.75) is 6.29 Å². The van der Waals surface area contributed by atoms with Gasteiger partial charge in [0.25, 0.3) is 0 Å². The summed E-state index contributed by atoms with van der Waals surface area (Å²) in [4.78, 5) is 0. The lowest BCUT2D eigenvalue weighted by atomic mass is 10.2. The highest BCUT2D eigenvalue weighted by atomic mass is 79.9. The molecule has 1 aromatic rings. The van der Waals surface area contributed by atoms with Crippen molar-refractivity contribution in [3.63, 3.8) is 0 Å². The fourth-order valence-electron chi connectivity index (χ4n) is 1.50. The standard InChI is InChI=1S/C10H10BrFO3/c1-13-9-6(11)2-3-7(12)8(9)10-14-4-5-15-10/h2-3,10H,4-5H2,1H3. The number of methoxy groups -OCH3 is 1. The lowest BCUT2D eigenvalue weighted by molar-refractivity contribution is -0.0479. The van der Waals surface area contributed by atoms with E-state index < -0.39 is 6.29 Å². The molecule has 5 heteroatoms. The molecule has 1 heterocycles. The molecule has 82 valence electrons. The van der Waals surface area contributed by atoms with Crippen LogP contribution in [0.4, 0.5) is 4.39 Å². The zero-order chi connectivity index (χ0) is 10.8. The number of benzene rings is 1. The van der Waals surface area contributed by atoms with Crippen molar-refractivity contribution in [1.29, 1.82) is 0 Å². The molecule has 2 rings (SSSR count). The summed E-state index contributed by atoms with van der Waals surface area (Å²) >= 11 is 3.29. The molecule has 0 N–H and O–H groups in total. The van der Waals surface area contributed by atoms with E-state index in [9.17, 15) is 4.39 Å². The lowest BCUT2D eigenvalue weighted by Gasteiger charge is -2.15. The smallest absolute Gasteiger partial charge is 0.190 e. The predicted octanol–water partition coefficient (Wildman–Crippen LogP) is 2.64. The van der Waals surface area contributed by atoms with E-state index in [-0.39, 0.29) is 5.82 Å². The number of ether oxygens (including phenoxy) is 3. The molecule has 0 spiro atoms. The Morgan fingerprint density at radius 2 is 2.07 bits per heavy atom. The molecule has 1 aliphatic heterocycles. The third-order valence-electron chi connectivity index (χ3n) is 2.16. The van der Waals surface area contributed by atoms with Gasteiger partial charge in [-0.25, -0.2) is 4.39 Å². The van der Waals surface area contributed by atoms with Crippen LogP contribution in [0.5, 0.6) is 5.75 Å². The van der Waals surface area contributed by atoms with Crippen LogP contribution >= 0.6 is 15.9 Å².